The minimum absolute atomic E-state index is 0.0590. The van der Waals surface area contributed by atoms with Gasteiger partial charge in [0.15, 0.2) is 0 Å². The zero-order valence-electron chi connectivity index (χ0n) is 15.6. The molecule has 1 unspecified atom stereocenters. The number of nitrogens with zero attached hydrogens (tertiary/aromatic N) is 1. The molecular weight excluding hydrogens is 380 g/mol. The molecule has 146 valence electrons. The first kappa shape index (κ1) is 21.0. The summed E-state index contributed by atoms with van der Waals surface area (Å²) in [5.41, 5.74) is -0.570. The number of amides is 1. The molecule has 2 N–H and O–H groups in total. The van der Waals surface area contributed by atoms with E-state index in [0.717, 1.165) is 0 Å². The molecule has 9 heteroatoms. The Morgan fingerprint density at radius 2 is 2.00 bits per heavy atom. The van der Waals surface area contributed by atoms with Crippen LogP contribution in [0.15, 0.2) is 23.1 Å². The molecule has 1 saturated heterocycles. The van der Waals surface area contributed by atoms with E-state index in [9.17, 15) is 18.3 Å². The number of nitrogens with one attached hydrogen (secondary N) is 1. The normalized spacial score (nSPS) is 26.7. The van der Waals surface area contributed by atoms with Gasteiger partial charge < -0.3 is 9.84 Å². The molecule has 3 atom stereocenters. The summed E-state index contributed by atoms with van der Waals surface area (Å²) in [6, 6.07) is 3.61. The highest BCUT2D eigenvalue weighted by Crippen LogP contribution is 2.38. The van der Waals surface area contributed by atoms with Gasteiger partial charge in [-0.2, -0.15) is 4.79 Å². The number of rotatable bonds is 4. The first-order chi connectivity index (χ1) is 11.8. The molecule has 26 heavy (non-hydrogen) atoms. The van der Waals surface area contributed by atoms with Crippen molar-refractivity contribution in [2.75, 3.05) is 13.7 Å². The average molecular weight is 406 g/mol. The Balaban J connectivity index is 2.35. The van der Waals surface area contributed by atoms with Crippen LogP contribution in [0.3, 0.4) is 0 Å². The van der Waals surface area contributed by atoms with Gasteiger partial charge in [-0.3, -0.25) is 0 Å². The molecule has 1 aliphatic heterocycles. The van der Waals surface area contributed by atoms with Crippen molar-refractivity contribution in [3.8, 4) is 5.75 Å². The summed E-state index contributed by atoms with van der Waals surface area (Å²) in [5.74, 6) is 0.183. The van der Waals surface area contributed by atoms with Crippen LogP contribution in [0.25, 0.3) is 0 Å². The quantitative estimate of drug-likeness (QED) is 0.751. The zero-order chi connectivity index (χ0) is 19.9. The van der Waals surface area contributed by atoms with E-state index in [1.165, 1.54) is 19.2 Å². The molecule has 0 spiro atoms. The van der Waals surface area contributed by atoms with Gasteiger partial charge in [0.1, 0.15) is 22.7 Å². The average Bonchev–Trinajstić information content (AvgIpc) is 2.83. The van der Waals surface area contributed by atoms with Crippen LogP contribution < -0.4 is 9.46 Å². The minimum Gasteiger partial charge on any atom is -0.495 e. The van der Waals surface area contributed by atoms with Crippen molar-refractivity contribution in [2.45, 2.75) is 56.6 Å². The number of likely N-dealkylation sites (tertiary alicyclic amines) is 1. The van der Waals surface area contributed by atoms with Crippen LogP contribution in [0.2, 0.25) is 5.02 Å². The summed E-state index contributed by atoms with van der Waals surface area (Å²) < 4.78 is 33.3. The Kier molecular flexibility index (Phi) is 5.64. The molecule has 1 aromatic rings. The molecule has 0 aromatic heterocycles. The molecule has 0 bridgehead atoms. The highest BCUT2D eigenvalue weighted by Gasteiger charge is 2.58. The van der Waals surface area contributed by atoms with E-state index in [2.05, 4.69) is 4.72 Å². The van der Waals surface area contributed by atoms with Gasteiger partial charge in [0.25, 0.3) is 0 Å². The summed E-state index contributed by atoms with van der Waals surface area (Å²) in [6.07, 6.45) is -0.530. The molecule has 1 aliphatic rings. The van der Waals surface area contributed by atoms with Crippen LogP contribution in [0.1, 0.15) is 34.1 Å². The lowest BCUT2D eigenvalue weighted by molar-refractivity contribution is -0.913. The largest absolute Gasteiger partial charge is 0.514 e. The molecule has 1 amide bonds. The van der Waals surface area contributed by atoms with Crippen molar-refractivity contribution >= 4 is 27.7 Å². The molecule has 1 aromatic carbocycles. The van der Waals surface area contributed by atoms with E-state index < -0.39 is 27.7 Å². The fourth-order valence-electron chi connectivity index (χ4n) is 3.91. The highest BCUT2D eigenvalue weighted by molar-refractivity contribution is 7.89. The van der Waals surface area contributed by atoms with E-state index >= 15 is 0 Å². The number of carboxylic acid groups (broad SMARTS) is 1. The molecular formula is C17H26ClN2O5S+. The lowest BCUT2D eigenvalue weighted by atomic mass is 10.0. The van der Waals surface area contributed by atoms with E-state index in [1.54, 1.807) is 6.07 Å². The Morgan fingerprint density at radius 1 is 1.38 bits per heavy atom. The zero-order valence-corrected chi connectivity index (χ0v) is 17.2. The van der Waals surface area contributed by atoms with Gasteiger partial charge in [-0.15, -0.1) is 0 Å². The lowest BCUT2D eigenvalue weighted by Crippen LogP contribution is -2.65. The van der Waals surface area contributed by atoms with Crippen molar-refractivity contribution in [1.29, 1.82) is 0 Å². The predicted molar refractivity (Wildman–Crippen MR) is 99.1 cm³/mol. The Hall–Kier alpha value is -1.35. The lowest BCUT2D eigenvalue weighted by Gasteiger charge is -2.43. The van der Waals surface area contributed by atoms with Gasteiger partial charge in [-0.05, 0) is 45.9 Å². The van der Waals surface area contributed by atoms with Crippen LogP contribution in [0, 0.1) is 0 Å². The maximum atomic E-state index is 12.9. The topological polar surface area (TPSA) is 92.7 Å². The predicted octanol–water partition coefficient (Wildman–Crippen LogP) is 3.08. The smallest absolute Gasteiger partial charge is 0.495 e. The van der Waals surface area contributed by atoms with Gasteiger partial charge in [0.2, 0.25) is 10.0 Å². The number of carbonyl (C=O) groups is 1. The number of hydrogen-bond donors (Lipinski definition) is 2. The minimum atomic E-state index is -3.92. The van der Waals surface area contributed by atoms with Gasteiger partial charge in [-0.25, -0.2) is 17.6 Å². The van der Waals surface area contributed by atoms with Crippen molar-refractivity contribution in [3.63, 3.8) is 0 Å². The van der Waals surface area contributed by atoms with E-state index in [1.807, 2.05) is 27.7 Å². The fourth-order valence-corrected chi connectivity index (χ4v) is 5.58. The van der Waals surface area contributed by atoms with Crippen LogP contribution >= 0.6 is 11.6 Å². The Morgan fingerprint density at radius 3 is 2.46 bits per heavy atom. The first-order valence-electron chi connectivity index (χ1n) is 8.32. The Labute approximate surface area is 159 Å². The number of sulfonamides is 1. The third-order valence-electron chi connectivity index (χ3n) is 5.16. The van der Waals surface area contributed by atoms with Crippen LogP contribution in [-0.4, -0.2) is 55.4 Å². The maximum Gasteiger partial charge on any atom is 0.514 e. The summed E-state index contributed by atoms with van der Waals surface area (Å²) in [4.78, 5) is 12.0. The molecule has 0 saturated carbocycles. The van der Waals surface area contributed by atoms with E-state index in [4.69, 9.17) is 16.3 Å². The van der Waals surface area contributed by atoms with Crippen molar-refractivity contribution in [3.05, 3.63) is 23.2 Å². The number of hydrogen-bond acceptors (Lipinski definition) is 4. The molecule has 0 radical (unpaired) electrons. The molecule has 7 nitrogen and oxygen atoms in total. The summed E-state index contributed by atoms with van der Waals surface area (Å²) in [5, 5.41) is 10.2. The number of benzene rings is 1. The highest BCUT2D eigenvalue weighted by atomic mass is 35.5. The summed E-state index contributed by atoms with van der Waals surface area (Å²) in [7, 11) is -2.54. The number of quaternary nitrogens is 1. The molecule has 0 aliphatic carbocycles. The van der Waals surface area contributed by atoms with E-state index in [0.29, 0.717) is 6.42 Å². The fraction of sp³-hybridized carbons (Fsp3) is 0.588. The second-order valence-corrected chi connectivity index (χ2v) is 9.82. The number of halogens is 1. The summed E-state index contributed by atoms with van der Waals surface area (Å²) in [6.45, 7) is 7.58. The third-order valence-corrected chi connectivity index (χ3v) is 6.94. The SMILES string of the molecule is COc1ccc(Cl)cc1S(=O)(=O)N[C@@H]1C[C@H](C)[N+](C(=O)O)(C(C)(C)C)C1. The van der Waals surface area contributed by atoms with Crippen LogP contribution in [0.5, 0.6) is 5.75 Å². The van der Waals surface area contributed by atoms with Crippen molar-refractivity contribution in [2.24, 2.45) is 0 Å². The third kappa shape index (κ3) is 3.55. The van der Waals surface area contributed by atoms with Gasteiger partial charge >= 0.3 is 6.09 Å². The molecule has 1 fully saturated rings. The molecule has 2 rings (SSSR count). The summed E-state index contributed by atoms with van der Waals surface area (Å²) >= 11 is 5.94. The van der Waals surface area contributed by atoms with Crippen molar-refractivity contribution < 1.29 is 27.5 Å². The van der Waals surface area contributed by atoms with Gasteiger partial charge in [0.05, 0.1) is 19.2 Å². The second kappa shape index (κ2) is 6.99. The van der Waals surface area contributed by atoms with Crippen LogP contribution in [-0.2, 0) is 10.0 Å². The number of methoxy groups -OCH3 is 1. The van der Waals surface area contributed by atoms with Crippen LogP contribution in [0.4, 0.5) is 4.79 Å². The van der Waals surface area contributed by atoms with Crippen molar-refractivity contribution in [1.82, 2.24) is 4.72 Å². The molecule has 1 heterocycles. The number of ether oxygens (including phenoxy) is 1. The Bertz CT molecular complexity index is 806. The van der Waals surface area contributed by atoms with Gasteiger partial charge in [-0.1, -0.05) is 11.6 Å². The standard InChI is InChI=1S/C17H25ClN2O5S/c1-11-8-13(10-20(11,16(21)22)17(2,3)4)19-26(23,24)15-9-12(18)6-7-14(15)25-5/h6-7,9,11,13,19H,8,10H2,1-5H3/p+1/t11-,13+,20?/m0/s1. The first-order valence-corrected chi connectivity index (χ1v) is 10.2. The van der Waals surface area contributed by atoms with Gasteiger partial charge in [0, 0.05) is 11.4 Å². The maximum absolute atomic E-state index is 12.9. The second-order valence-electron chi connectivity index (χ2n) is 7.70. The van der Waals surface area contributed by atoms with E-state index in [-0.39, 0.29) is 32.7 Å². The monoisotopic (exact) mass is 405 g/mol.